The highest BCUT2D eigenvalue weighted by atomic mass is 32.2. The summed E-state index contributed by atoms with van der Waals surface area (Å²) in [5.74, 6) is 2.87. The zero-order valence-electron chi connectivity index (χ0n) is 15.8. The van der Waals surface area contributed by atoms with Crippen LogP contribution in [0.1, 0.15) is 34.7 Å². The predicted octanol–water partition coefficient (Wildman–Crippen LogP) is 2.10. The number of amides is 1. The smallest absolute Gasteiger partial charge is 0.289 e. The highest BCUT2D eigenvalue weighted by molar-refractivity contribution is 7.99. The standard InChI is InChI=1S/C19H25N5O2S/c1-12-10-13(2)21-16-15(12)18(24-5-8-27-9-6-24)23-17(22-16)19(25)20-11-14-4-3-7-26-14/h10,14H,3-9,11H2,1-2H3,(H,20,25)/t14-/m1/s1. The monoisotopic (exact) mass is 387 g/mol. The Labute approximate surface area is 163 Å². The minimum absolute atomic E-state index is 0.0932. The van der Waals surface area contributed by atoms with Gasteiger partial charge in [0, 0.05) is 43.4 Å². The van der Waals surface area contributed by atoms with E-state index >= 15 is 0 Å². The summed E-state index contributed by atoms with van der Waals surface area (Å²) in [5.41, 5.74) is 2.58. The lowest BCUT2D eigenvalue weighted by Gasteiger charge is -2.29. The zero-order valence-corrected chi connectivity index (χ0v) is 16.6. The Hall–Kier alpha value is -1.93. The van der Waals surface area contributed by atoms with Crippen LogP contribution in [0.2, 0.25) is 0 Å². The molecule has 144 valence electrons. The Morgan fingerprint density at radius 2 is 2.11 bits per heavy atom. The van der Waals surface area contributed by atoms with E-state index in [1.807, 2.05) is 24.8 Å². The summed E-state index contributed by atoms with van der Waals surface area (Å²) in [4.78, 5) is 28.7. The van der Waals surface area contributed by atoms with Gasteiger partial charge in [0.1, 0.15) is 5.82 Å². The second kappa shape index (κ2) is 7.98. The van der Waals surface area contributed by atoms with E-state index < -0.39 is 0 Å². The first-order valence-electron chi connectivity index (χ1n) is 9.50. The molecule has 0 spiro atoms. The van der Waals surface area contributed by atoms with E-state index in [-0.39, 0.29) is 17.8 Å². The molecular formula is C19H25N5O2S. The maximum Gasteiger partial charge on any atom is 0.289 e. The Morgan fingerprint density at radius 1 is 1.30 bits per heavy atom. The van der Waals surface area contributed by atoms with E-state index in [0.717, 1.165) is 66.5 Å². The molecule has 0 saturated carbocycles. The minimum atomic E-state index is -0.263. The maximum atomic E-state index is 12.7. The van der Waals surface area contributed by atoms with Crippen LogP contribution < -0.4 is 10.2 Å². The van der Waals surface area contributed by atoms with Gasteiger partial charge in [-0.15, -0.1) is 0 Å². The largest absolute Gasteiger partial charge is 0.376 e. The number of hydrogen-bond donors (Lipinski definition) is 1. The second-order valence-electron chi connectivity index (χ2n) is 7.09. The highest BCUT2D eigenvalue weighted by Crippen LogP contribution is 2.28. The van der Waals surface area contributed by atoms with Crippen LogP contribution in [0.3, 0.4) is 0 Å². The first-order valence-corrected chi connectivity index (χ1v) is 10.7. The van der Waals surface area contributed by atoms with Crippen molar-refractivity contribution in [1.82, 2.24) is 20.3 Å². The number of anilines is 1. The summed E-state index contributed by atoms with van der Waals surface area (Å²) in [6.45, 7) is 7.10. The van der Waals surface area contributed by atoms with E-state index in [0.29, 0.717) is 12.2 Å². The number of carbonyl (C=O) groups excluding carboxylic acids is 1. The molecule has 4 heterocycles. The van der Waals surface area contributed by atoms with Crippen LogP contribution in [0.25, 0.3) is 11.0 Å². The molecule has 0 radical (unpaired) electrons. The van der Waals surface area contributed by atoms with Crippen LogP contribution in [0, 0.1) is 13.8 Å². The molecule has 8 heteroatoms. The van der Waals surface area contributed by atoms with E-state index in [1.165, 1.54) is 0 Å². The van der Waals surface area contributed by atoms with Gasteiger partial charge in [-0.2, -0.15) is 11.8 Å². The molecule has 4 rings (SSSR count). The van der Waals surface area contributed by atoms with Gasteiger partial charge in [0.25, 0.3) is 5.91 Å². The third-order valence-electron chi connectivity index (χ3n) is 5.00. The van der Waals surface area contributed by atoms with Gasteiger partial charge in [0.05, 0.1) is 11.5 Å². The summed E-state index contributed by atoms with van der Waals surface area (Å²) in [6.07, 6.45) is 2.12. The van der Waals surface area contributed by atoms with Crippen LogP contribution in [-0.4, -0.2) is 64.7 Å². The Bertz CT molecular complexity index is 848. The summed E-state index contributed by atoms with van der Waals surface area (Å²) in [7, 11) is 0. The van der Waals surface area contributed by atoms with Crippen molar-refractivity contribution in [3.8, 4) is 0 Å². The molecule has 0 bridgehead atoms. The molecule has 0 aromatic carbocycles. The molecule has 7 nitrogen and oxygen atoms in total. The molecule has 1 N–H and O–H groups in total. The van der Waals surface area contributed by atoms with Crippen molar-refractivity contribution in [2.24, 2.45) is 0 Å². The number of rotatable bonds is 4. The molecular weight excluding hydrogens is 362 g/mol. The Kier molecular flexibility index (Phi) is 5.45. The first kappa shape index (κ1) is 18.4. The maximum absolute atomic E-state index is 12.7. The molecule has 2 fully saturated rings. The summed E-state index contributed by atoms with van der Waals surface area (Å²) in [5, 5.41) is 3.87. The molecule has 27 heavy (non-hydrogen) atoms. The van der Waals surface area contributed by atoms with Crippen molar-refractivity contribution >= 4 is 34.5 Å². The van der Waals surface area contributed by atoms with E-state index in [2.05, 4.69) is 32.1 Å². The lowest BCUT2D eigenvalue weighted by Crippen LogP contribution is -2.36. The number of hydrogen-bond acceptors (Lipinski definition) is 7. The molecule has 2 aliphatic heterocycles. The normalized spacial score (nSPS) is 20.2. The number of ether oxygens (including phenoxy) is 1. The van der Waals surface area contributed by atoms with Gasteiger partial charge in [-0.05, 0) is 38.3 Å². The van der Waals surface area contributed by atoms with Crippen molar-refractivity contribution in [2.75, 3.05) is 42.6 Å². The van der Waals surface area contributed by atoms with Gasteiger partial charge in [-0.3, -0.25) is 4.79 Å². The van der Waals surface area contributed by atoms with Crippen LogP contribution in [0.4, 0.5) is 5.82 Å². The van der Waals surface area contributed by atoms with Gasteiger partial charge >= 0.3 is 0 Å². The number of pyridine rings is 1. The fourth-order valence-electron chi connectivity index (χ4n) is 3.65. The summed E-state index contributed by atoms with van der Waals surface area (Å²) >= 11 is 1.94. The first-order chi connectivity index (χ1) is 13.1. The predicted molar refractivity (Wildman–Crippen MR) is 108 cm³/mol. The van der Waals surface area contributed by atoms with Crippen molar-refractivity contribution in [1.29, 1.82) is 0 Å². The van der Waals surface area contributed by atoms with E-state index in [9.17, 15) is 4.79 Å². The second-order valence-corrected chi connectivity index (χ2v) is 8.32. The zero-order chi connectivity index (χ0) is 18.8. The molecule has 2 aromatic heterocycles. The van der Waals surface area contributed by atoms with Crippen LogP contribution in [0.15, 0.2) is 6.07 Å². The van der Waals surface area contributed by atoms with Gasteiger partial charge in [-0.1, -0.05) is 0 Å². The van der Waals surface area contributed by atoms with Crippen LogP contribution in [-0.2, 0) is 4.74 Å². The van der Waals surface area contributed by atoms with Gasteiger partial charge in [-0.25, -0.2) is 15.0 Å². The number of aromatic nitrogens is 3. The highest BCUT2D eigenvalue weighted by Gasteiger charge is 2.23. The van der Waals surface area contributed by atoms with Gasteiger partial charge < -0.3 is 15.0 Å². The number of aryl methyl sites for hydroxylation is 2. The average molecular weight is 388 g/mol. The number of fused-ring (bicyclic) bond motifs is 1. The fraction of sp³-hybridized carbons (Fsp3) is 0.579. The van der Waals surface area contributed by atoms with Crippen LogP contribution in [0.5, 0.6) is 0 Å². The summed E-state index contributed by atoms with van der Waals surface area (Å²) < 4.78 is 5.58. The van der Waals surface area contributed by atoms with Crippen LogP contribution >= 0.6 is 11.8 Å². The topological polar surface area (TPSA) is 80.2 Å². The molecule has 0 unspecified atom stereocenters. The Balaban J connectivity index is 1.68. The van der Waals surface area contributed by atoms with Crippen molar-refractivity contribution in [3.63, 3.8) is 0 Å². The van der Waals surface area contributed by atoms with Gasteiger partial charge in [0.15, 0.2) is 5.65 Å². The lowest BCUT2D eigenvalue weighted by atomic mass is 10.1. The summed E-state index contributed by atoms with van der Waals surface area (Å²) in [6, 6.07) is 2.05. The average Bonchev–Trinajstić information content (AvgIpc) is 3.19. The number of carbonyl (C=O) groups is 1. The fourth-order valence-corrected chi connectivity index (χ4v) is 4.56. The van der Waals surface area contributed by atoms with E-state index in [4.69, 9.17) is 4.74 Å². The van der Waals surface area contributed by atoms with Gasteiger partial charge in [0.2, 0.25) is 5.82 Å². The molecule has 1 atom stereocenters. The number of nitrogens with one attached hydrogen (secondary N) is 1. The molecule has 2 saturated heterocycles. The minimum Gasteiger partial charge on any atom is -0.376 e. The third-order valence-corrected chi connectivity index (χ3v) is 5.94. The SMILES string of the molecule is Cc1cc(C)c2c(N3CCSCC3)nc(C(=O)NC[C@H]3CCCO3)nc2n1. The third kappa shape index (κ3) is 4.01. The lowest BCUT2D eigenvalue weighted by molar-refractivity contribution is 0.0849. The van der Waals surface area contributed by atoms with Crippen molar-refractivity contribution in [3.05, 3.63) is 23.1 Å². The quantitative estimate of drug-likeness (QED) is 0.860. The van der Waals surface area contributed by atoms with Crippen molar-refractivity contribution < 1.29 is 9.53 Å². The molecule has 0 aliphatic carbocycles. The van der Waals surface area contributed by atoms with Crippen molar-refractivity contribution in [2.45, 2.75) is 32.8 Å². The molecule has 2 aromatic rings. The molecule has 1 amide bonds. The number of thioether (sulfide) groups is 1. The Morgan fingerprint density at radius 3 is 2.85 bits per heavy atom. The van der Waals surface area contributed by atoms with E-state index in [1.54, 1.807) is 0 Å². The number of nitrogens with zero attached hydrogens (tertiary/aromatic N) is 4. The molecule has 2 aliphatic rings.